The molecular weight excluding hydrogens is 216 g/mol. The number of aryl methyl sites for hydroxylation is 1. The summed E-state index contributed by atoms with van der Waals surface area (Å²) in [7, 11) is 0. The predicted octanol–water partition coefficient (Wildman–Crippen LogP) is 0.954. The summed E-state index contributed by atoms with van der Waals surface area (Å²) < 4.78 is 5.02. The lowest BCUT2D eigenvalue weighted by Gasteiger charge is -2.39. The largest absolute Gasteiger partial charge is 0.340 e. The van der Waals surface area contributed by atoms with Crippen LogP contribution >= 0.6 is 0 Å². The molecule has 0 aromatic carbocycles. The van der Waals surface area contributed by atoms with Crippen molar-refractivity contribution in [3.8, 4) is 0 Å². The highest BCUT2D eigenvalue weighted by Gasteiger charge is 2.37. The molecule has 5 heteroatoms. The van der Waals surface area contributed by atoms with Crippen LogP contribution in [0.5, 0.6) is 0 Å². The molecule has 1 aromatic heterocycles. The van der Waals surface area contributed by atoms with Crippen LogP contribution < -0.4 is 5.32 Å². The smallest absolute Gasteiger partial charge is 0.223 e. The van der Waals surface area contributed by atoms with Crippen LogP contribution in [0.2, 0.25) is 0 Å². The number of aromatic nitrogens is 2. The topological polar surface area (TPSA) is 54.2 Å². The van der Waals surface area contributed by atoms with E-state index in [1.807, 2.05) is 6.92 Å². The Kier molecular flexibility index (Phi) is 2.88. The van der Waals surface area contributed by atoms with Gasteiger partial charge in [-0.25, -0.2) is 0 Å². The molecule has 0 saturated carbocycles. The zero-order valence-electron chi connectivity index (χ0n) is 10.4. The molecule has 0 radical (unpaired) electrons. The molecule has 5 nitrogen and oxygen atoms in total. The second-order valence-corrected chi connectivity index (χ2v) is 5.47. The summed E-state index contributed by atoms with van der Waals surface area (Å²) in [5, 5.41) is 7.48. The van der Waals surface area contributed by atoms with Gasteiger partial charge < -0.3 is 9.84 Å². The monoisotopic (exact) mass is 236 g/mol. The van der Waals surface area contributed by atoms with Gasteiger partial charge in [-0.1, -0.05) is 5.16 Å². The maximum atomic E-state index is 5.02. The van der Waals surface area contributed by atoms with Gasteiger partial charge in [-0.2, -0.15) is 4.98 Å². The van der Waals surface area contributed by atoms with Crippen molar-refractivity contribution in [2.45, 2.75) is 32.7 Å². The van der Waals surface area contributed by atoms with E-state index in [9.17, 15) is 0 Å². The van der Waals surface area contributed by atoms with Gasteiger partial charge in [-0.15, -0.1) is 0 Å². The standard InChI is InChI=1S/C12H20N4O/c1-10-14-11(15-17-10)7-16-6-2-3-12(9-16)4-5-13-8-12/h13H,2-9H2,1H3. The molecular formula is C12H20N4O. The molecule has 1 spiro atoms. The Balaban J connectivity index is 1.64. The fraction of sp³-hybridized carbons (Fsp3) is 0.833. The Morgan fingerprint density at radius 2 is 2.41 bits per heavy atom. The van der Waals surface area contributed by atoms with Crippen molar-refractivity contribution < 1.29 is 4.52 Å². The van der Waals surface area contributed by atoms with Crippen LogP contribution in [-0.4, -0.2) is 41.2 Å². The van der Waals surface area contributed by atoms with Crippen molar-refractivity contribution >= 4 is 0 Å². The Bertz CT molecular complexity index is 384. The lowest BCUT2D eigenvalue weighted by molar-refractivity contribution is 0.0949. The maximum Gasteiger partial charge on any atom is 0.223 e. The van der Waals surface area contributed by atoms with E-state index in [4.69, 9.17) is 4.52 Å². The molecule has 1 aromatic rings. The summed E-state index contributed by atoms with van der Waals surface area (Å²) >= 11 is 0. The van der Waals surface area contributed by atoms with E-state index in [1.54, 1.807) is 0 Å². The Labute approximate surface area is 102 Å². The summed E-state index contributed by atoms with van der Waals surface area (Å²) in [6, 6.07) is 0. The van der Waals surface area contributed by atoms with Gasteiger partial charge in [0.2, 0.25) is 5.89 Å². The van der Waals surface area contributed by atoms with Crippen molar-refractivity contribution in [3.05, 3.63) is 11.7 Å². The Morgan fingerprint density at radius 1 is 1.47 bits per heavy atom. The molecule has 2 aliphatic rings. The van der Waals surface area contributed by atoms with Gasteiger partial charge in [0.15, 0.2) is 5.82 Å². The second kappa shape index (κ2) is 4.38. The molecule has 2 aliphatic heterocycles. The molecule has 2 fully saturated rings. The minimum absolute atomic E-state index is 0.511. The third kappa shape index (κ3) is 2.35. The molecule has 1 unspecified atom stereocenters. The first kappa shape index (κ1) is 11.2. The van der Waals surface area contributed by atoms with E-state index in [-0.39, 0.29) is 0 Å². The highest BCUT2D eigenvalue weighted by molar-refractivity contribution is 4.95. The number of rotatable bonds is 2. The molecule has 1 atom stereocenters. The van der Waals surface area contributed by atoms with Crippen LogP contribution in [0.25, 0.3) is 0 Å². The van der Waals surface area contributed by atoms with E-state index >= 15 is 0 Å². The fourth-order valence-corrected chi connectivity index (χ4v) is 3.19. The average molecular weight is 236 g/mol. The normalized spacial score (nSPS) is 30.2. The zero-order valence-corrected chi connectivity index (χ0v) is 10.4. The molecule has 0 bridgehead atoms. The van der Waals surface area contributed by atoms with E-state index in [1.165, 1.54) is 38.9 Å². The third-order valence-corrected chi connectivity index (χ3v) is 4.01. The van der Waals surface area contributed by atoms with Crippen LogP contribution in [0.15, 0.2) is 4.52 Å². The predicted molar refractivity (Wildman–Crippen MR) is 63.5 cm³/mol. The van der Waals surface area contributed by atoms with Gasteiger partial charge in [0, 0.05) is 20.0 Å². The third-order valence-electron chi connectivity index (χ3n) is 4.01. The first-order valence-corrected chi connectivity index (χ1v) is 6.48. The molecule has 1 N–H and O–H groups in total. The SMILES string of the molecule is Cc1nc(CN2CCCC3(CCNC3)C2)no1. The molecule has 0 aliphatic carbocycles. The number of likely N-dealkylation sites (tertiary alicyclic amines) is 1. The number of nitrogens with zero attached hydrogens (tertiary/aromatic N) is 3. The number of nitrogens with one attached hydrogen (secondary N) is 1. The minimum atomic E-state index is 0.511. The maximum absolute atomic E-state index is 5.02. The zero-order chi connectivity index (χ0) is 11.7. The minimum Gasteiger partial charge on any atom is -0.340 e. The van der Waals surface area contributed by atoms with Gasteiger partial charge >= 0.3 is 0 Å². The fourth-order valence-electron chi connectivity index (χ4n) is 3.19. The summed E-state index contributed by atoms with van der Waals surface area (Å²) in [5.74, 6) is 1.49. The van der Waals surface area contributed by atoms with Crippen molar-refractivity contribution in [1.82, 2.24) is 20.4 Å². The first-order valence-electron chi connectivity index (χ1n) is 6.48. The Hall–Kier alpha value is -0.940. The lowest BCUT2D eigenvalue weighted by Crippen LogP contribution is -2.44. The molecule has 94 valence electrons. The summed E-state index contributed by atoms with van der Waals surface area (Å²) in [6.07, 6.45) is 3.97. The van der Waals surface area contributed by atoms with Crippen LogP contribution in [0.3, 0.4) is 0 Å². The van der Waals surface area contributed by atoms with Crippen LogP contribution in [0.1, 0.15) is 31.0 Å². The molecule has 17 heavy (non-hydrogen) atoms. The number of hydrogen-bond donors (Lipinski definition) is 1. The van der Waals surface area contributed by atoms with E-state index in [0.29, 0.717) is 11.3 Å². The Morgan fingerprint density at radius 3 is 3.12 bits per heavy atom. The second-order valence-electron chi connectivity index (χ2n) is 5.47. The highest BCUT2D eigenvalue weighted by atomic mass is 16.5. The van der Waals surface area contributed by atoms with E-state index < -0.39 is 0 Å². The van der Waals surface area contributed by atoms with Gasteiger partial charge in [-0.3, -0.25) is 4.90 Å². The summed E-state index contributed by atoms with van der Waals surface area (Å²) in [6.45, 7) is 7.36. The summed E-state index contributed by atoms with van der Waals surface area (Å²) in [4.78, 5) is 6.76. The molecule has 3 heterocycles. The molecule has 3 rings (SSSR count). The number of piperidine rings is 1. The van der Waals surface area contributed by atoms with E-state index in [2.05, 4.69) is 20.4 Å². The van der Waals surface area contributed by atoms with Crippen molar-refractivity contribution in [2.75, 3.05) is 26.2 Å². The van der Waals surface area contributed by atoms with Crippen LogP contribution in [0, 0.1) is 12.3 Å². The van der Waals surface area contributed by atoms with Crippen LogP contribution in [-0.2, 0) is 6.54 Å². The van der Waals surface area contributed by atoms with Crippen molar-refractivity contribution in [3.63, 3.8) is 0 Å². The van der Waals surface area contributed by atoms with Gasteiger partial charge in [-0.05, 0) is 37.8 Å². The lowest BCUT2D eigenvalue weighted by atomic mass is 9.79. The quantitative estimate of drug-likeness (QED) is 0.828. The molecule has 2 saturated heterocycles. The number of hydrogen-bond acceptors (Lipinski definition) is 5. The van der Waals surface area contributed by atoms with Gasteiger partial charge in [0.25, 0.3) is 0 Å². The highest BCUT2D eigenvalue weighted by Crippen LogP contribution is 2.35. The summed E-state index contributed by atoms with van der Waals surface area (Å²) in [5.41, 5.74) is 0.511. The molecule has 0 amide bonds. The average Bonchev–Trinajstić information content (AvgIpc) is 2.89. The first-order chi connectivity index (χ1) is 8.26. The van der Waals surface area contributed by atoms with Gasteiger partial charge in [0.1, 0.15) is 0 Å². The van der Waals surface area contributed by atoms with Crippen molar-refractivity contribution in [1.29, 1.82) is 0 Å². The van der Waals surface area contributed by atoms with E-state index in [0.717, 1.165) is 18.9 Å². The van der Waals surface area contributed by atoms with Crippen LogP contribution in [0.4, 0.5) is 0 Å². The van der Waals surface area contributed by atoms with Gasteiger partial charge in [0.05, 0.1) is 6.54 Å². The van der Waals surface area contributed by atoms with Crippen molar-refractivity contribution in [2.24, 2.45) is 5.41 Å².